The molecule has 0 spiro atoms. The number of ether oxygens (including phenoxy) is 1. The smallest absolute Gasteiger partial charge is 0.251 e. The van der Waals surface area contributed by atoms with Crippen molar-refractivity contribution in [2.45, 2.75) is 37.8 Å². The second-order valence-electron chi connectivity index (χ2n) is 10.0. The van der Waals surface area contributed by atoms with Gasteiger partial charge in [0.2, 0.25) is 0 Å². The molecule has 1 saturated carbocycles. The summed E-state index contributed by atoms with van der Waals surface area (Å²) in [5.41, 5.74) is 4.25. The number of piperidine rings is 1. The zero-order valence-corrected chi connectivity index (χ0v) is 20.5. The summed E-state index contributed by atoms with van der Waals surface area (Å²) in [6.07, 6.45) is 6.38. The monoisotopic (exact) mass is 481 g/mol. The minimum atomic E-state index is -0.0894. The van der Waals surface area contributed by atoms with Crippen LogP contribution in [0.1, 0.15) is 47.8 Å². The van der Waals surface area contributed by atoms with Crippen molar-refractivity contribution < 1.29 is 9.53 Å². The molecule has 2 aliphatic rings. The molecule has 2 aromatic heterocycles. The normalized spacial score (nSPS) is 17.7. The van der Waals surface area contributed by atoms with Crippen molar-refractivity contribution in [2.24, 2.45) is 5.92 Å². The van der Waals surface area contributed by atoms with Gasteiger partial charge in [-0.25, -0.2) is 0 Å². The van der Waals surface area contributed by atoms with Gasteiger partial charge in [-0.05, 0) is 93.2 Å². The standard InChI is InChI=1S/C29H31N5O2/c1-34-16-13-23(14-17-34)36-22-10-7-19(8-11-22)27-24-18-21(9-12-25(24)32-33-27)29(35)31-28(20-5-6-20)26-4-2-3-15-30-26/h2-4,7-12,15,18,20,23,28H,5-6,13-14,16-17H2,1H3,(H,31,35)(H,32,33). The van der Waals surface area contributed by atoms with Gasteiger partial charge in [0.1, 0.15) is 11.9 Å². The minimum Gasteiger partial charge on any atom is -0.490 e. The van der Waals surface area contributed by atoms with E-state index in [1.165, 1.54) is 0 Å². The third-order valence-corrected chi connectivity index (χ3v) is 7.31. The highest BCUT2D eigenvalue weighted by Crippen LogP contribution is 2.40. The number of nitrogens with one attached hydrogen (secondary N) is 2. The topological polar surface area (TPSA) is 83.1 Å². The number of benzene rings is 2. The van der Waals surface area contributed by atoms with Crippen molar-refractivity contribution in [2.75, 3.05) is 20.1 Å². The Bertz CT molecular complexity index is 1340. The van der Waals surface area contributed by atoms with E-state index in [0.29, 0.717) is 11.5 Å². The first-order chi connectivity index (χ1) is 17.6. The van der Waals surface area contributed by atoms with Gasteiger partial charge in [-0.1, -0.05) is 6.07 Å². The van der Waals surface area contributed by atoms with Gasteiger partial charge in [0.25, 0.3) is 5.91 Å². The van der Waals surface area contributed by atoms with Gasteiger partial charge in [0.15, 0.2) is 0 Å². The number of nitrogens with zero attached hydrogens (tertiary/aromatic N) is 3. The number of amides is 1. The largest absolute Gasteiger partial charge is 0.490 e. The number of carbonyl (C=O) groups excluding carboxylic acids is 1. The molecule has 1 amide bonds. The summed E-state index contributed by atoms with van der Waals surface area (Å²) < 4.78 is 6.20. The Labute approximate surface area is 210 Å². The van der Waals surface area contributed by atoms with E-state index in [-0.39, 0.29) is 18.1 Å². The third kappa shape index (κ3) is 4.84. The lowest BCUT2D eigenvalue weighted by Crippen LogP contribution is -2.35. The summed E-state index contributed by atoms with van der Waals surface area (Å²) in [5.74, 6) is 1.25. The van der Waals surface area contributed by atoms with Crippen LogP contribution in [0.15, 0.2) is 66.9 Å². The molecule has 7 heteroatoms. The van der Waals surface area contributed by atoms with Crippen LogP contribution >= 0.6 is 0 Å². The number of aromatic nitrogens is 3. The van der Waals surface area contributed by atoms with Crippen LogP contribution in [0.4, 0.5) is 0 Å². The highest BCUT2D eigenvalue weighted by molar-refractivity contribution is 6.01. The average Bonchev–Trinajstić information content (AvgIpc) is 3.67. The maximum absolute atomic E-state index is 13.2. The van der Waals surface area contributed by atoms with Crippen LogP contribution in [-0.4, -0.2) is 52.2 Å². The number of H-pyrrole nitrogens is 1. The first kappa shape index (κ1) is 22.7. The fraction of sp³-hybridized carbons (Fsp3) is 0.345. The van der Waals surface area contributed by atoms with Gasteiger partial charge >= 0.3 is 0 Å². The molecular weight excluding hydrogens is 450 g/mol. The molecule has 1 aliphatic carbocycles. The molecule has 1 aliphatic heterocycles. The Morgan fingerprint density at radius 3 is 2.58 bits per heavy atom. The molecule has 6 rings (SSSR count). The Kier molecular flexibility index (Phi) is 6.15. The zero-order chi connectivity index (χ0) is 24.5. The lowest BCUT2D eigenvalue weighted by atomic mass is 10.0. The predicted octanol–water partition coefficient (Wildman–Crippen LogP) is 4.98. The molecule has 0 bridgehead atoms. The van der Waals surface area contributed by atoms with E-state index in [9.17, 15) is 4.79 Å². The molecule has 1 unspecified atom stereocenters. The van der Waals surface area contributed by atoms with Gasteiger partial charge in [-0.3, -0.25) is 14.9 Å². The van der Waals surface area contributed by atoms with E-state index in [4.69, 9.17) is 4.74 Å². The van der Waals surface area contributed by atoms with Crippen LogP contribution in [0.3, 0.4) is 0 Å². The Morgan fingerprint density at radius 1 is 1.06 bits per heavy atom. The second-order valence-corrected chi connectivity index (χ2v) is 10.0. The number of pyridine rings is 1. The maximum Gasteiger partial charge on any atom is 0.251 e. The molecule has 184 valence electrons. The first-order valence-corrected chi connectivity index (χ1v) is 12.8. The average molecular weight is 482 g/mol. The number of carbonyl (C=O) groups is 1. The van der Waals surface area contributed by atoms with E-state index >= 15 is 0 Å². The number of likely N-dealkylation sites (tertiary alicyclic amines) is 1. The molecule has 4 aromatic rings. The van der Waals surface area contributed by atoms with Crippen molar-refractivity contribution in [3.8, 4) is 17.0 Å². The summed E-state index contributed by atoms with van der Waals surface area (Å²) >= 11 is 0. The number of rotatable bonds is 7. The number of hydrogen-bond acceptors (Lipinski definition) is 5. The summed E-state index contributed by atoms with van der Waals surface area (Å²) in [6, 6.07) is 19.6. The van der Waals surface area contributed by atoms with E-state index in [2.05, 4.69) is 32.4 Å². The number of aromatic amines is 1. The van der Waals surface area contributed by atoms with Crippen molar-refractivity contribution in [1.82, 2.24) is 25.4 Å². The van der Waals surface area contributed by atoms with Crippen LogP contribution in [0.25, 0.3) is 22.2 Å². The van der Waals surface area contributed by atoms with Gasteiger partial charge < -0.3 is 15.0 Å². The summed E-state index contributed by atoms with van der Waals surface area (Å²) in [6.45, 7) is 2.14. The quantitative estimate of drug-likeness (QED) is 0.389. The van der Waals surface area contributed by atoms with Crippen LogP contribution in [0, 0.1) is 5.92 Å². The summed E-state index contributed by atoms with van der Waals surface area (Å²) in [4.78, 5) is 20.1. The molecule has 36 heavy (non-hydrogen) atoms. The fourth-order valence-corrected chi connectivity index (χ4v) is 5.01. The van der Waals surface area contributed by atoms with Crippen LogP contribution in [-0.2, 0) is 0 Å². The van der Waals surface area contributed by atoms with E-state index in [1.807, 2.05) is 60.7 Å². The molecule has 2 fully saturated rings. The SMILES string of the molecule is CN1CCC(Oc2ccc(-c3n[nH]c4ccc(C(=O)NC(c5ccccn5)C5CC5)cc34)cc2)CC1. The molecule has 1 atom stereocenters. The predicted molar refractivity (Wildman–Crippen MR) is 140 cm³/mol. The van der Waals surface area contributed by atoms with Crippen LogP contribution in [0.5, 0.6) is 5.75 Å². The van der Waals surface area contributed by atoms with E-state index < -0.39 is 0 Å². The molecule has 0 radical (unpaired) electrons. The third-order valence-electron chi connectivity index (χ3n) is 7.31. The lowest BCUT2D eigenvalue weighted by Gasteiger charge is -2.29. The van der Waals surface area contributed by atoms with E-state index in [0.717, 1.165) is 72.4 Å². The number of fused-ring (bicyclic) bond motifs is 1. The highest BCUT2D eigenvalue weighted by atomic mass is 16.5. The van der Waals surface area contributed by atoms with Gasteiger partial charge in [0.05, 0.1) is 22.9 Å². The highest BCUT2D eigenvalue weighted by Gasteiger charge is 2.34. The Morgan fingerprint density at radius 2 is 1.86 bits per heavy atom. The summed E-state index contributed by atoms with van der Waals surface area (Å²) in [7, 11) is 2.15. The molecule has 2 aromatic carbocycles. The van der Waals surface area contributed by atoms with Crippen molar-refractivity contribution in [3.05, 3.63) is 78.1 Å². The lowest BCUT2D eigenvalue weighted by molar-refractivity contribution is 0.0931. The Hall–Kier alpha value is -3.71. The minimum absolute atomic E-state index is 0.0599. The van der Waals surface area contributed by atoms with Crippen molar-refractivity contribution in [3.63, 3.8) is 0 Å². The zero-order valence-electron chi connectivity index (χ0n) is 20.5. The van der Waals surface area contributed by atoms with Gasteiger partial charge in [0, 0.05) is 35.8 Å². The second kappa shape index (κ2) is 9.74. The maximum atomic E-state index is 13.2. The number of hydrogen-bond donors (Lipinski definition) is 2. The Balaban J connectivity index is 1.20. The fourth-order valence-electron chi connectivity index (χ4n) is 5.01. The van der Waals surface area contributed by atoms with Crippen LogP contribution < -0.4 is 10.1 Å². The van der Waals surface area contributed by atoms with Gasteiger partial charge in [-0.15, -0.1) is 0 Å². The van der Waals surface area contributed by atoms with Crippen molar-refractivity contribution >= 4 is 16.8 Å². The molecule has 1 saturated heterocycles. The van der Waals surface area contributed by atoms with E-state index in [1.54, 1.807) is 6.20 Å². The molecule has 2 N–H and O–H groups in total. The first-order valence-electron chi connectivity index (χ1n) is 12.8. The molecular formula is C29H31N5O2. The van der Waals surface area contributed by atoms with Gasteiger partial charge in [-0.2, -0.15) is 5.10 Å². The summed E-state index contributed by atoms with van der Waals surface area (Å²) in [5, 5.41) is 11.8. The molecule has 3 heterocycles. The molecule has 7 nitrogen and oxygen atoms in total. The van der Waals surface area contributed by atoms with Crippen molar-refractivity contribution in [1.29, 1.82) is 0 Å². The van der Waals surface area contributed by atoms with Crippen LogP contribution in [0.2, 0.25) is 0 Å².